The van der Waals surface area contributed by atoms with E-state index in [-0.39, 0.29) is 5.78 Å². The minimum absolute atomic E-state index is 0.0493. The largest absolute Gasteiger partial charge is 0.294 e. The molecule has 0 aliphatic carbocycles. The molecule has 0 amide bonds. The van der Waals surface area contributed by atoms with Gasteiger partial charge in [-0.15, -0.1) is 0 Å². The first-order chi connectivity index (χ1) is 6.74. The molecule has 74 valence electrons. The topological polar surface area (TPSA) is 30.0 Å². The number of allylic oxidation sites excluding steroid dienone is 1. The summed E-state index contributed by atoms with van der Waals surface area (Å²) in [5.41, 5.74) is 1.63. The van der Waals surface area contributed by atoms with Gasteiger partial charge < -0.3 is 0 Å². The number of carbonyl (C=O) groups excluding carboxylic acids is 1. The second-order valence-electron chi connectivity index (χ2n) is 2.94. The molecule has 0 fully saturated rings. The second-order valence-corrected chi connectivity index (χ2v) is 3.74. The molecule has 0 radical (unpaired) electrons. The summed E-state index contributed by atoms with van der Waals surface area (Å²) in [6.07, 6.45) is 8.34. The van der Waals surface area contributed by atoms with Crippen LogP contribution in [0, 0.1) is 0 Å². The summed E-state index contributed by atoms with van der Waals surface area (Å²) in [5, 5.41) is 0.948. The van der Waals surface area contributed by atoms with Crippen LogP contribution < -0.4 is 0 Å². The van der Waals surface area contributed by atoms with Crippen molar-refractivity contribution in [2.24, 2.45) is 0 Å². The summed E-state index contributed by atoms with van der Waals surface area (Å²) in [6, 6.07) is 1.85. The van der Waals surface area contributed by atoms with Crippen LogP contribution in [0.25, 0.3) is 6.08 Å². The van der Waals surface area contributed by atoms with Crippen LogP contribution in [0.4, 0.5) is 0 Å². The molecule has 1 heterocycles. The lowest BCUT2D eigenvalue weighted by atomic mass is 10.1. The highest BCUT2D eigenvalue weighted by atomic mass is 79.9. The van der Waals surface area contributed by atoms with Gasteiger partial charge in [-0.1, -0.05) is 28.1 Å². The Balaban J connectivity index is 2.78. The lowest BCUT2D eigenvalue weighted by molar-refractivity contribution is 0.101. The molecule has 1 aromatic heterocycles. The molecule has 0 bridgehead atoms. The zero-order valence-corrected chi connectivity index (χ0v) is 9.62. The molecule has 0 aliphatic rings. The molecule has 0 saturated heterocycles. The molecular weight excluding hydrogens is 242 g/mol. The van der Waals surface area contributed by atoms with Crippen LogP contribution >= 0.6 is 15.9 Å². The van der Waals surface area contributed by atoms with E-state index in [1.807, 2.05) is 12.1 Å². The molecule has 2 nitrogen and oxygen atoms in total. The van der Waals surface area contributed by atoms with E-state index in [4.69, 9.17) is 0 Å². The lowest BCUT2D eigenvalue weighted by Crippen LogP contribution is -1.93. The third-order valence-corrected chi connectivity index (χ3v) is 2.21. The summed E-state index contributed by atoms with van der Waals surface area (Å²) in [4.78, 5) is 15.1. The van der Waals surface area contributed by atoms with Crippen molar-refractivity contribution in [3.05, 3.63) is 35.7 Å². The van der Waals surface area contributed by atoms with Crippen molar-refractivity contribution in [1.29, 1.82) is 0 Å². The van der Waals surface area contributed by atoms with Gasteiger partial charge in [0, 0.05) is 23.3 Å². The zero-order chi connectivity index (χ0) is 10.4. The Labute approximate surface area is 92.2 Å². The number of carbonyl (C=O) groups is 1. The van der Waals surface area contributed by atoms with Gasteiger partial charge in [0.25, 0.3) is 0 Å². The summed E-state index contributed by atoms with van der Waals surface area (Å²) in [7, 11) is 0. The molecule has 0 N–H and O–H groups in total. The molecule has 1 aromatic rings. The fourth-order valence-electron chi connectivity index (χ4n) is 1.02. The van der Waals surface area contributed by atoms with Gasteiger partial charge in [-0.3, -0.25) is 9.78 Å². The number of halogens is 1. The van der Waals surface area contributed by atoms with Crippen molar-refractivity contribution in [3.63, 3.8) is 0 Å². The monoisotopic (exact) mass is 253 g/mol. The van der Waals surface area contributed by atoms with Crippen LogP contribution in [0.3, 0.4) is 0 Å². The number of pyridine rings is 1. The Bertz CT molecular complexity index is 347. The molecule has 0 unspecified atom stereocenters. The maximum Gasteiger partial charge on any atom is 0.161 e. The van der Waals surface area contributed by atoms with Crippen LogP contribution in [0.2, 0.25) is 0 Å². The molecule has 0 spiro atoms. The fourth-order valence-corrected chi connectivity index (χ4v) is 1.29. The predicted molar refractivity (Wildman–Crippen MR) is 61.7 cm³/mol. The normalized spacial score (nSPS) is 10.7. The summed E-state index contributed by atoms with van der Waals surface area (Å²) in [6.45, 7) is 1.54. The van der Waals surface area contributed by atoms with Crippen molar-refractivity contribution >= 4 is 27.8 Å². The summed E-state index contributed by atoms with van der Waals surface area (Å²) in [5.74, 6) is 0.0493. The number of Topliss-reactive ketones (excluding diaryl/α,β-unsaturated/α-hetero) is 1. The van der Waals surface area contributed by atoms with Crippen molar-refractivity contribution in [2.45, 2.75) is 13.3 Å². The Morgan fingerprint density at radius 1 is 1.57 bits per heavy atom. The van der Waals surface area contributed by atoms with Crippen LogP contribution in [-0.2, 0) is 0 Å². The Morgan fingerprint density at radius 2 is 2.36 bits per heavy atom. The number of hydrogen-bond donors (Lipinski definition) is 0. The number of aromatic nitrogens is 1. The van der Waals surface area contributed by atoms with E-state index in [1.165, 1.54) is 0 Å². The molecule has 3 heteroatoms. The third kappa shape index (κ3) is 3.42. The molecular formula is C11H12BrNO. The van der Waals surface area contributed by atoms with Gasteiger partial charge in [0.2, 0.25) is 0 Å². The van der Waals surface area contributed by atoms with Gasteiger partial charge in [-0.2, -0.15) is 0 Å². The van der Waals surface area contributed by atoms with Gasteiger partial charge in [-0.25, -0.2) is 0 Å². The van der Waals surface area contributed by atoms with Crippen LogP contribution in [-0.4, -0.2) is 16.1 Å². The molecule has 0 aliphatic heterocycles. The number of rotatable bonds is 4. The highest BCUT2D eigenvalue weighted by Gasteiger charge is 1.98. The smallest absolute Gasteiger partial charge is 0.161 e. The van der Waals surface area contributed by atoms with E-state index in [2.05, 4.69) is 27.0 Å². The summed E-state index contributed by atoms with van der Waals surface area (Å²) < 4.78 is 0. The second kappa shape index (κ2) is 5.70. The van der Waals surface area contributed by atoms with E-state index in [1.54, 1.807) is 19.3 Å². The highest BCUT2D eigenvalue weighted by Crippen LogP contribution is 2.06. The molecule has 0 saturated carbocycles. The third-order valence-electron chi connectivity index (χ3n) is 1.75. The molecule has 0 atom stereocenters. The standard InChI is InChI=1S/C11H12BrNO/c1-9(14)11-6-10(7-13-8-11)4-2-3-5-12/h2,4,6-8H,3,5H2,1H3. The Morgan fingerprint density at radius 3 is 3.00 bits per heavy atom. The van der Waals surface area contributed by atoms with Gasteiger partial charge in [0.15, 0.2) is 5.78 Å². The van der Waals surface area contributed by atoms with E-state index < -0.39 is 0 Å². The number of hydrogen-bond acceptors (Lipinski definition) is 2. The van der Waals surface area contributed by atoms with Crippen molar-refractivity contribution < 1.29 is 4.79 Å². The van der Waals surface area contributed by atoms with E-state index in [9.17, 15) is 4.79 Å². The molecule has 1 rings (SSSR count). The fraction of sp³-hybridized carbons (Fsp3) is 0.273. The average molecular weight is 254 g/mol. The lowest BCUT2D eigenvalue weighted by Gasteiger charge is -1.96. The molecule has 14 heavy (non-hydrogen) atoms. The average Bonchev–Trinajstić information content (AvgIpc) is 2.19. The predicted octanol–water partition coefficient (Wildman–Crippen LogP) is 3.08. The number of nitrogens with zero attached hydrogens (tertiary/aromatic N) is 1. The van der Waals surface area contributed by atoms with E-state index >= 15 is 0 Å². The first kappa shape index (κ1) is 11.1. The first-order valence-electron chi connectivity index (χ1n) is 4.42. The van der Waals surface area contributed by atoms with E-state index in [0.717, 1.165) is 17.3 Å². The Hall–Kier alpha value is -0.960. The van der Waals surface area contributed by atoms with Crippen LogP contribution in [0.5, 0.6) is 0 Å². The van der Waals surface area contributed by atoms with Crippen molar-refractivity contribution in [3.8, 4) is 0 Å². The van der Waals surface area contributed by atoms with Gasteiger partial charge in [0.05, 0.1) is 0 Å². The Kier molecular flexibility index (Phi) is 4.53. The van der Waals surface area contributed by atoms with Gasteiger partial charge in [-0.05, 0) is 25.0 Å². The maximum absolute atomic E-state index is 11.1. The maximum atomic E-state index is 11.1. The van der Waals surface area contributed by atoms with Crippen molar-refractivity contribution in [1.82, 2.24) is 4.98 Å². The zero-order valence-electron chi connectivity index (χ0n) is 8.03. The SMILES string of the molecule is CC(=O)c1cncc(C=CCCBr)c1. The van der Waals surface area contributed by atoms with Crippen LogP contribution in [0.15, 0.2) is 24.5 Å². The van der Waals surface area contributed by atoms with Gasteiger partial charge >= 0.3 is 0 Å². The highest BCUT2D eigenvalue weighted by molar-refractivity contribution is 9.09. The van der Waals surface area contributed by atoms with Gasteiger partial charge in [0.1, 0.15) is 0 Å². The summed E-state index contributed by atoms with van der Waals surface area (Å²) >= 11 is 3.34. The minimum atomic E-state index is 0.0493. The number of ketones is 1. The number of alkyl halides is 1. The van der Waals surface area contributed by atoms with Crippen molar-refractivity contribution in [2.75, 3.05) is 5.33 Å². The quantitative estimate of drug-likeness (QED) is 0.610. The first-order valence-corrected chi connectivity index (χ1v) is 5.54. The minimum Gasteiger partial charge on any atom is -0.294 e. The molecule has 0 aromatic carbocycles. The van der Waals surface area contributed by atoms with Crippen LogP contribution in [0.1, 0.15) is 29.3 Å². The van der Waals surface area contributed by atoms with E-state index in [0.29, 0.717) is 5.56 Å².